The molecule has 0 aromatic carbocycles. The molecule has 0 aliphatic carbocycles. The molecule has 0 radical (unpaired) electrons. The number of quaternary nitrogens is 1. The molecule has 2 rings (SSSR count). The van der Waals surface area contributed by atoms with Crippen molar-refractivity contribution in [3.8, 4) is 0 Å². The van der Waals surface area contributed by atoms with Crippen molar-refractivity contribution in [2.45, 2.75) is 5.03 Å². The maximum atomic E-state index is 12.0. The molecule has 1 N–H and O–H groups in total. The summed E-state index contributed by atoms with van der Waals surface area (Å²) in [5.41, 5.74) is 0. The van der Waals surface area contributed by atoms with Crippen LogP contribution in [0.2, 0.25) is 0 Å². The van der Waals surface area contributed by atoms with Crippen LogP contribution in [0.5, 0.6) is 0 Å². The summed E-state index contributed by atoms with van der Waals surface area (Å²) in [5, 5.41) is 0.0711. The van der Waals surface area contributed by atoms with E-state index in [2.05, 4.69) is 9.98 Å². The van der Waals surface area contributed by atoms with Gasteiger partial charge in [-0.2, -0.15) is 12.7 Å². The maximum absolute atomic E-state index is 12.0. The average molecular weight is 224 g/mol. The number of aliphatic imine (C=N–C) groups is 1. The fraction of sp³-hybridized carbons (Fsp3) is 0.111. The van der Waals surface area contributed by atoms with Crippen molar-refractivity contribution >= 4 is 16.4 Å². The summed E-state index contributed by atoms with van der Waals surface area (Å²) in [6.45, 7) is 0.377. The Morgan fingerprint density at radius 2 is 2.20 bits per heavy atom. The second-order valence-corrected chi connectivity index (χ2v) is 4.95. The molecule has 0 saturated carbocycles. The minimum atomic E-state index is -3.46. The Kier molecular flexibility index (Phi) is 2.61. The summed E-state index contributed by atoms with van der Waals surface area (Å²) >= 11 is 0. The van der Waals surface area contributed by atoms with Crippen LogP contribution in [0.3, 0.4) is 0 Å². The highest BCUT2D eigenvalue weighted by atomic mass is 32.2. The van der Waals surface area contributed by atoms with Crippen LogP contribution in [0.4, 0.5) is 0 Å². The Bertz CT molecular complexity index is 493. The molecule has 1 aromatic rings. The van der Waals surface area contributed by atoms with Crippen LogP contribution in [-0.2, 0) is 10.0 Å². The lowest BCUT2D eigenvalue weighted by Gasteiger charge is -2.12. The third-order valence-electron chi connectivity index (χ3n) is 1.99. The molecule has 0 bridgehead atoms. The third kappa shape index (κ3) is 1.95. The first-order valence-electron chi connectivity index (χ1n) is 4.41. The van der Waals surface area contributed by atoms with Gasteiger partial charge in [-0.25, -0.2) is 9.98 Å². The molecular weight excluding hydrogens is 214 g/mol. The quantitative estimate of drug-likeness (QED) is 0.716. The number of rotatable bonds is 2. The molecule has 1 aromatic heterocycles. The van der Waals surface area contributed by atoms with Crippen molar-refractivity contribution in [2.24, 2.45) is 4.99 Å². The number of nitrogens with one attached hydrogen (secondary N) is 1. The van der Waals surface area contributed by atoms with Crippen LogP contribution in [-0.4, -0.2) is 26.3 Å². The van der Waals surface area contributed by atoms with E-state index in [9.17, 15) is 8.42 Å². The summed E-state index contributed by atoms with van der Waals surface area (Å²) in [6.07, 6.45) is 6.11. The largest absolute Gasteiger partial charge is 0.348 e. The minimum absolute atomic E-state index is 0.0711. The van der Waals surface area contributed by atoms with Gasteiger partial charge in [0.25, 0.3) is 0 Å². The van der Waals surface area contributed by atoms with Crippen molar-refractivity contribution in [3.05, 3.63) is 36.7 Å². The Morgan fingerprint density at radius 3 is 2.80 bits per heavy atom. The van der Waals surface area contributed by atoms with Crippen molar-refractivity contribution in [1.82, 2.24) is 4.98 Å². The number of aromatic nitrogens is 1. The van der Waals surface area contributed by atoms with Crippen molar-refractivity contribution in [3.63, 3.8) is 0 Å². The number of pyridine rings is 1. The standard InChI is InChI=1S/C9H9N3O2S/c13-15(14,9-4-1-2-6-11-9)12-7-3-5-10-8-12/h1-6,8H,7H2/p+1. The predicted molar refractivity (Wildman–Crippen MR) is 54.9 cm³/mol. The first-order chi connectivity index (χ1) is 7.21. The lowest BCUT2D eigenvalue weighted by Crippen LogP contribution is -3.13. The second kappa shape index (κ2) is 3.92. The van der Waals surface area contributed by atoms with Gasteiger partial charge in [0.15, 0.2) is 0 Å². The van der Waals surface area contributed by atoms with Crippen LogP contribution in [0.25, 0.3) is 0 Å². The molecule has 1 aliphatic rings. The van der Waals surface area contributed by atoms with Crippen LogP contribution >= 0.6 is 0 Å². The zero-order valence-electron chi connectivity index (χ0n) is 7.87. The third-order valence-corrected chi connectivity index (χ3v) is 3.74. The highest BCUT2D eigenvalue weighted by Crippen LogP contribution is 1.99. The summed E-state index contributed by atoms with van der Waals surface area (Å²) in [6, 6.07) is 4.81. The van der Waals surface area contributed by atoms with E-state index in [4.69, 9.17) is 0 Å². The number of nitrogens with zero attached hydrogens (tertiary/aromatic N) is 2. The van der Waals surface area contributed by atoms with E-state index in [1.807, 2.05) is 0 Å². The molecule has 15 heavy (non-hydrogen) atoms. The highest BCUT2D eigenvalue weighted by molar-refractivity contribution is 7.85. The normalized spacial score (nSPS) is 20.4. The van der Waals surface area contributed by atoms with E-state index in [-0.39, 0.29) is 9.33 Å². The topological polar surface area (TPSA) is 63.8 Å². The monoisotopic (exact) mass is 224 g/mol. The highest BCUT2D eigenvalue weighted by Gasteiger charge is 2.28. The van der Waals surface area contributed by atoms with Crippen LogP contribution in [0.15, 0.2) is 46.7 Å². The van der Waals surface area contributed by atoms with E-state index in [1.165, 1.54) is 18.6 Å². The summed E-state index contributed by atoms with van der Waals surface area (Å²) in [5.74, 6) is 0. The molecule has 5 nitrogen and oxygen atoms in total. The molecule has 1 atom stereocenters. The van der Waals surface area contributed by atoms with Gasteiger partial charge in [0.05, 0.1) is 0 Å². The SMILES string of the molecule is O=S(=O)(c1ccccn1)[NH+]1C=NC=CC1. The minimum Gasteiger partial charge on any atom is -0.240 e. The molecule has 1 aliphatic heterocycles. The van der Waals surface area contributed by atoms with E-state index < -0.39 is 10.0 Å². The van der Waals surface area contributed by atoms with Crippen molar-refractivity contribution in [1.29, 1.82) is 0 Å². The number of hydrogen-bond acceptors (Lipinski definition) is 4. The van der Waals surface area contributed by atoms with Gasteiger partial charge in [-0.3, -0.25) is 0 Å². The van der Waals surface area contributed by atoms with E-state index >= 15 is 0 Å². The predicted octanol–water partition coefficient (Wildman–Crippen LogP) is -0.789. The molecule has 0 amide bonds. The molecule has 0 spiro atoms. The Hall–Kier alpha value is -1.53. The maximum Gasteiger partial charge on any atom is 0.348 e. The van der Waals surface area contributed by atoms with Crippen molar-refractivity contribution < 1.29 is 12.7 Å². The van der Waals surface area contributed by atoms with Gasteiger partial charge >= 0.3 is 10.0 Å². The van der Waals surface area contributed by atoms with Gasteiger partial charge in [-0.1, -0.05) is 6.07 Å². The van der Waals surface area contributed by atoms with E-state index in [1.54, 1.807) is 24.4 Å². The van der Waals surface area contributed by atoms with E-state index in [0.717, 1.165) is 0 Å². The summed E-state index contributed by atoms with van der Waals surface area (Å²) in [7, 11) is -3.46. The molecule has 0 fully saturated rings. The molecule has 1 unspecified atom stereocenters. The van der Waals surface area contributed by atoms with Gasteiger partial charge in [0.1, 0.15) is 6.54 Å². The lowest BCUT2D eigenvalue weighted by molar-refractivity contribution is -0.644. The van der Waals surface area contributed by atoms with Crippen molar-refractivity contribution in [2.75, 3.05) is 6.54 Å². The average Bonchev–Trinajstić information content (AvgIpc) is 2.31. The molecule has 2 heterocycles. The Labute approximate surface area is 87.8 Å². The van der Waals surface area contributed by atoms with Crippen LogP contribution in [0, 0.1) is 0 Å². The van der Waals surface area contributed by atoms with Crippen LogP contribution < -0.4 is 4.31 Å². The Balaban J connectivity index is 2.36. The lowest BCUT2D eigenvalue weighted by atomic mass is 10.5. The fourth-order valence-electron chi connectivity index (χ4n) is 1.23. The zero-order chi connectivity index (χ0) is 10.7. The summed E-state index contributed by atoms with van der Waals surface area (Å²) in [4.78, 5) is 7.63. The van der Waals surface area contributed by atoms with Crippen LogP contribution in [0.1, 0.15) is 0 Å². The molecule has 0 saturated heterocycles. The number of sulfonamides is 1. The smallest absolute Gasteiger partial charge is 0.240 e. The van der Waals surface area contributed by atoms with Gasteiger partial charge in [-0.05, 0) is 18.2 Å². The van der Waals surface area contributed by atoms with Gasteiger partial charge in [0, 0.05) is 12.4 Å². The number of hydrogen-bond donors (Lipinski definition) is 1. The molecular formula is C9H10N3O2S+. The molecule has 78 valence electrons. The molecule has 6 heteroatoms. The van der Waals surface area contributed by atoms with Gasteiger partial charge in [0.2, 0.25) is 11.4 Å². The van der Waals surface area contributed by atoms with Gasteiger partial charge in [-0.15, -0.1) is 0 Å². The Morgan fingerprint density at radius 1 is 1.33 bits per heavy atom. The van der Waals surface area contributed by atoms with E-state index in [0.29, 0.717) is 6.54 Å². The first kappa shape index (κ1) is 10.0. The summed E-state index contributed by atoms with van der Waals surface area (Å²) < 4.78 is 24.2. The zero-order valence-corrected chi connectivity index (χ0v) is 8.68. The fourth-order valence-corrected chi connectivity index (χ4v) is 2.47. The van der Waals surface area contributed by atoms with Gasteiger partial charge < -0.3 is 0 Å². The first-order valence-corrected chi connectivity index (χ1v) is 5.90. The second-order valence-electron chi connectivity index (χ2n) is 3.00.